The molecule has 0 spiro atoms. The fourth-order valence-electron chi connectivity index (χ4n) is 1.60. The van der Waals surface area contributed by atoms with Crippen LogP contribution in [0, 0.1) is 0 Å². The monoisotopic (exact) mass is 253 g/mol. The molecule has 0 aliphatic carbocycles. The molecule has 0 unspecified atom stereocenters. The Hall–Kier alpha value is -1.62. The molecule has 1 heterocycles. The molecule has 5 nitrogen and oxygen atoms in total. The average molecular weight is 253 g/mol. The highest BCUT2D eigenvalue weighted by Gasteiger charge is 2.10. The van der Waals surface area contributed by atoms with Gasteiger partial charge in [-0.1, -0.05) is 0 Å². The predicted octanol–water partition coefficient (Wildman–Crippen LogP) is 1.62. The number of hydrogen-bond acceptors (Lipinski definition) is 5. The molecule has 1 aromatic heterocycles. The second kappa shape index (κ2) is 7.66. The van der Waals surface area contributed by atoms with Crippen molar-refractivity contribution in [2.24, 2.45) is 0 Å². The number of nitrogens with zero attached hydrogens (tertiary/aromatic N) is 1. The first-order valence-electron chi connectivity index (χ1n) is 5.98. The minimum absolute atomic E-state index is 0.0362. The zero-order chi connectivity index (χ0) is 13.4. The Morgan fingerprint density at radius 2 is 2.17 bits per heavy atom. The molecule has 5 heteroatoms. The quantitative estimate of drug-likeness (QED) is 0.659. The fraction of sp³-hybridized carbons (Fsp3) is 0.538. The van der Waals surface area contributed by atoms with Gasteiger partial charge in [-0.3, -0.25) is 14.5 Å². The van der Waals surface area contributed by atoms with Gasteiger partial charge >= 0.3 is 5.97 Å². The lowest BCUT2D eigenvalue weighted by atomic mass is 10.2. The molecule has 0 aliphatic heterocycles. The molecule has 100 valence electrons. The largest absolute Gasteiger partial charge is 0.472 e. The third-order valence-electron chi connectivity index (χ3n) is 2.39. The SMILES string of the molecule is CCOC(=O)CCC(=O)CN(C)Cc1ccoc1. The molecule has 18 heavy (non-hydrogen) atoms. The number of esters is 1. The van der Waals surface area contributed by atoms with Crippen LogP contribution in [0.5, 0.6) is 0 Å². The highest BCUT2D eigenvalue weighted by Crippen LogP contribution is 2.04. The second-order valence-corrected chi connectivity index (χ2v) is 4.15. The normalized spacial score (nSPS) is 10.6. The molecule has 0 radical (unpaired) electrons. The molecular weight excluding hydrogens is 234 g/mol. The lowest BCUT2D eigenvalue weighted by Crippen LogP contribution is -2.25. The van der Waals surface area contributed by atoms with Gasteiger partial charge < -0.3 is 9.15 Å². The summed E-state index contributed by atoms with van der Waals surface area (Å²) in [6, 6.07) is 1.86. The van der Waals surface area contributed by atoms with Crippen molar-refractivity contribution in [3.63, 3.8) is 0 Å². The molecule has 0 aliphatic rings. The lowest BCUT2D eigenvalue weighted by Gasteiger charge is -2.14. The first-order chi connectivity index (χ1) is 8.61. The zero-order valence-electron chi connectivity index (χ0n) is 10.8. The van der Waals surface area contributed by atoms with E-state index in [-0.39, 0.29) is 24.6 Å². The van der Waals surface area contributed by atoms with Gasteiger partial charge in [-0.05, 0) is 20.0 Å². The molecule has 0 amide bonds. The van der Waals surface area contributed by atoms with Crippen molar-refractivity contribution in [3.8, 4) is 0 Å². The van der Waals surface area contributed by atoms with E-state index in [2.05, 4.69) is 0 Å². The Morgan fingerprint density at radius 1 is 1.39 bits per heavy atom. The summed E-state index contributed by atoms with van der Waals surface area (Å²) in [4.78, 5) is 24.6. The summed E-state index contributed by atoms with van der Waals surface area (Å²) >= 11 is 0. The summed E-state index contributed by atoms with van der Waals surface area (Å²) in [5.41, 5.74) is 1.02. The van der Waals surface area contributed by atoms with Gasteiger partial charge in [0.1, 0.15) is 5.78 Å². The zero-order valence-corrected chi connectivity index (χ0v) is 10.8. The van der Waals surface area contributed by atoms with E-state index < -0.39 is 0 Å². The summed E-state index contributed by atoms with van der Waals surface area (Å²) in [6.07, 6.45) is 3.64. The first-order valence-corrected chi connectivity index (χ1v) is 5.98. The van der Waals surface area contributed by atoms with Crippen LogP contribution in [-0.4, -0.2) is 36.9 Å². The van der Waals surface area contributed by atoms with Crippen LogP contribution in [0.2, 0.25) is 0 Å². The van der Waals surface area contributed by atoms with E-state index in [1.54, 1.807) is 19.5 Å². The van der Waals surface area contributed by atoms with Crippen LogP contribution in [-0.2, 0) is 20.9 Å². The Balaban J connectivity index is 2.21. The van der Waals surface area contributed by atoms with Crippen LogP contribution >= 0.6 is 0 Å². The average Bonchev–Trinajstić information content (AvgIpc) is 2.79. The van der Waals surface area contributed by atoms with Gasteiger partial charge in [0, 0.05) is 18.5 Å². The number of carbonyl (C=O) groups is 2. The van der Waals surface area contributed by atoms with Gasteiger partial charge in [0.25, 0.3) is 0 Å². The highest BCUT2D eigenvalue weighted by molar-refractivity contribution is 5.84. The highest BCUT2D eigenvalue weighted by atomic mass is 16.5. The Morgan fingerprint density at radius 3 is 2.78 bits per heavy atom. The van der Waals surface area contributed by atoms with Crippen LogP contribution in [0.1, 0.15) is 25.3 Å². The Labute approximate surface area is 107 Å². The molecule has 1 rings (SSSR count). The predicted molar refractivity (Wildman–Crippen MR) is 65.9 cm³/mol. The van der Waals surface area contributed by atoms with Gasteiger partial charge in [0.05, 0.1) is 32.1 Å². The smallest absolute Gasteiger partial charge is 0.306 e. The Kier molecular flexibility index (Phi) is 6.14. The summed E-state index contributed by atoms with van der Waals surface area (Å²) in [7, 11) is 1.86. The molecule has 0 fully saturated rings. The molecule has 0 bridgehead atoms. The number of carbonyl (C=O) groups excluding carboxylic acids is 2. The third-order valence-corrected chi connectivity index (χ3v) is 2.39. The number of hydrogen-bond donors (Lipinski definition) is 0. The summed E-state index contributed by atoms with van der Waals surface area (Å²) in [5.74, 6) is -0.280. The van der Waals surface area contributed by atoms with Crippen LogP contribution in [0.25, 0.3) is 0 Å². The number of ether oxygens (including phenoxy) is 1. The molecular formula is C13H19NO4. The maximum atomic E-state index is 11.6. The maximum absolute atomic E-state index is 11.6. The standard InChI is InChI=1S/C13H19NO4/c1-3-18-13(16)5-4-12(15)9-14(2)8-11-6-7-17-10-11/h6-7,10H,3-5,8-9H2,1-2H3. The summed E-state index contributed by atoms with van der Waals surface area (Å²) in [5, 5.41) is 0. The van der Waals surface area contributed by atoms with E-state index in [1.807, 2.05) is 18.0 Å². The molecule has 1 aromatic rings. The van der Waals surface area contributed by atoms with E-state index in [0.717, 1.165) is 5.56 Å². The van der Waals surface area contributed by atoms with Gasteiger partial charge in [-0.15, -0.1) is 0 Å². The molecule has 0 saturated heterocycles. The first kappa shape index (κ1) is 14.4. The van der Waals surface area contributed by atoms with E-state index in [9.17, 15) is 9.59 Å². The summed E-state index contributed by atoms with van der Waals surface area (Å²) < 4.78 is 9.72. The maximum Gasteiger partial charge on any atom is 0.306 e. The topological polar surface area (TPSA) is 59.8 Å². The number of furan rings is 1. The van der Waals surface area contributed by atoms with E-state index in [0.29, 0.717) is 19.7 Å². The number of Topliss-reactive ketones (excluding diaryl/α,β-unsaturated/α-hetero) is 1. The summed E-state index contributed by atoms with van der Waals surface area (Å²) in [6.45, 7) is 3.08. The van der Waals surface area contributed by atoms with Gasteiger partial charge in [-0.2, -0.15) is 0 Å². The number of rotatable bonds is 8. The Bertz CT molecular complexity index is 372. The van der Waals surface area contributed by atoms with Crippen molar-refractivity contribution >= 4 is 11.8 Å². The number of likely N-dealkylation sites (N-methyl/N-ethyl adjacent to an activating group) is 1. The van der Waals surface area contributed by atoms with Crippen molar-refractivity contribution in [2.45, 2.75) is 26.3 Å². The molecule has 0 aromatic carbocycles. The van der Waals surface area contributed by atoms with Crippen LogP contribution in [0.3, 0.4) is 0 Å². The van der Waals surface area contributed by atoms with Crippen molar-refractivity contribution in [3.05, 3.63) is 24.2 Å². The van der Waals surface area contributed by atoms with Crippen molar-refractivity contribution < 1.29 is 18.7 Å². The number of ketones is 1. The van der Waals surface area contributed by atoms with Crippen molar-refractivity contribution in [1.82, 2.24) is 4.90 Å². The van der Waals surface area contributed by atoms with E-state index in [4.69, 9.17) is 9.15 Å². The molecule has 0 atom stereocenters. The van der Waals surface area contributed by atoms with Gasteiger partial charge in [-0.25, -0.2) is 0 Å². The van der Waals surface area contributed by atoms with Crippen LogP contribution in [0.15, 0.2) is 23.0 Å². The molecule has 0 N–H and O–H groups in total. The van der Waals surface area contributed by atoms with Crippen molar-refractivity contribution in [1.29, 1.82) is 0 Å². The van der Waals surface area contributed by atoms with Crippen molar-refractivity contribution in [2.75, 3.05) is 20.2 Å². The second-order valence-electron chi connectivity index (χ2n) is 4.15. The molecule has 0 saturated carbocycles. The van der Waals surface area contributed by atoms with Gasteiger partial charge in [0.2, 0.25) is 0 Å². The minimum atomic E-state index is -0.316. The van der Waals surface area contributed by atoms with E-state index >= 15 is 0 Å². The van der Waals surface area contributed by atoms with Crippen LogP contribution in [0.4, 0.5) is 0 Å². The van der Waals surface area contributed by atoms with Gasteiger partial charge in [0.15, 0.2) is 0 Å². The lowest BCUT2D eigenvalue weighted by molar-refractivity contribution is -0.144. The van der Waals surface area contributed by atoms with Crippen LogP contribution < -0.4 is 0 Å². The third kappa shape index (κ3) is 5.63. The minimum Gasteiger partial charge on any atom is -0.472 e. The fourth-order valence-corrected chi connectivity index (χ4v) is 1.60. The van der Waals surface area contributed by atoms with E-state index in [1.165, 1.54) is 0 Å².